The summed E-state index contributed by atoms with van der Waals surface area (Å²) in [4.78, 5) is 2.37. The number of hydrogen-bond donors (Lipinski definition) is 1. The van der Waals surface area contributed by atoms with Gasteiger partial charge >= 0.3 is 0 Å². The smallest absolute Gasteiger partial charge is 0.123 e. The number of ether oxygens (including phenoxy) is 1. The summed E-state index contributed by atoms with van der Waals surface area (Å²) < 4.78 is 5.43. The Bertz CT molecular complexity index is 412. The predicted octanol–water partition coefficient (Wildman–Crippen LogP) is 3.54. The quantitative estimate of drug-likeness (QED) is 0.793. The molecule has 0 heterocycles. The molecule has 0 radical (unpaired) electrons. The molecule has 0 aliphatic rings. The molecule has 1 aromatic carbocycles. The molecular formula is C18H32N2O. The van der Waals surface area contributed by atoms with E-state index in [1.807, 2.05) is 12.1 Å². The van der Waals surface area contributed by atoms with E-state index in [9.17, 15) is 0 Å². The van der Waals surface area contributed by atoms with Crippen LogP contribution >= 0.6 is 0 Å². The largest absolute Gasteiger partial charge is 0.496 e. The van der Waals surface area contributed by atoms with Crippen LogP contribution in [0, 0.1) is 5.41 Å². The summed E-state index contributed by atoms with van der Waals surface area (Å²) in [6.07, 6.45) is 1.16. The highest BCUT2D eigenvalue weighted by molar-refractivity contribution is 5.32. The third-order valence-electron chi connectivity index (χ3n) is 3.93. The van der Waals surface area contributed by atoms with Crippen molar-refractivity contribution in [3.8, 4) is 5.75 Å². The van der Waals surface area contributed by atoms with Gasteiger partial charge in [-0.05, 0) is 38.0 Å². The standard InChI is InChI=1S/C18H32N2O/c1-7-19-17(18(2,3)4)12-13-20(5)14-15-10-8-9-11-16(15)21-6/h8-11,17,19H,7,12-14H2,1-6H3. The lowest BCUT2D eigenvalue weighted by Crippen LogP contribution is -2.42. The first-order chi connectivity index (χ1) is 9.88. The van der Waals surface area contributed by atoms with Crippen LogP contribution in [0.5, 0.6) is 5.75 Å². The molecule has 0 amide bonds. The molecule has 1 unspecified atom stereocenters. The van der Waals surface area contributed by atoms with E-state index in [1.54, 1.807) is 7.11 Å². The first-order valence-corrected chi connectivity index (χ1v) is 7.92. The van der Waals surface area contributed by atoms with Gasteiger partial charge < -0.3 is 15.0 Å². The van der Waals surface area contributed by atoms with Crippen LogP contribution in [0.3, 0.4) is 0 Å². The number of benzene rings is 1. The zero-order chi connectivity index (χ0) is 15.9. The summed E-state index contributed by atoms with van der Waals surface area (Å²) >= 11 is 0. The minimum atomic E-state index is 0.293. The molecule has 0 aromatic heterocycles. The van der Waals surface area contributed by atoms with Crippen LogP contribution in [0.15, 0.2) is 24.3 Å². The van der Waals surface area contributed by atoms with Crippen LogP contribution in [-0.4, -0.2) is 38.2 Å². The lowest BCUT2D eigenvalue weighted by molar-refractivity contribution is 0.220. The molecule has 0 aliphatic carbocycles. The van der Waals surface area contributed by atoms with E-state index >= 15 is 0 Å². The highest BCUT2D eigenvalue weighted by Gasteiger charge is 2.23. The van der Waals surface area contributed by atoms with Crippen molar-refractivity contribution in [3.63, 3.8) is 0 Å². The average Bonchev–Trinajstić information content (AvgIpc) is 2.42. The molecule has 1 atom stereocenters. The number of rotatable bonds is 8. The second-order valence-electron chi connectivity index (χ2n) is 6.81. The van der Waals surface area contributed by atoms with Gasteiger partial charge in [-0.25, -0.2) is 0 Å². The van der Waals surface area contributed by atoms with Gasteiger partial charge in [-0.15, -0.1) is 0 Å². The fourth-order valence-corrected chi connectivity index (χ4v) is 2.64. The van der Waals surface area contributed by atoms with E-state index in [1.165, 1.54) is 5.56 Å². The maximum absolute atomic E-state index is 5.43. The second kappa shape index (κ2) is 8.40. The number of nitrogens with one attached hydrogen (secondary N) is 1. The van der Waals surface area contributed by atoms with Gasteiger partial charge in [0.2, 0.25) is 0 Å². The maximum Gasteiger partial charge on any atom is 0.123 e. The van der Waals surface area contributed by atoms with Crippen molar-refractivity contribution in [1.29, 1.82) is 0 Å². The van der Waals surface area contributed by atoms with Gasteiger partial charge in [0.05, 0.1) is 7.11 Å². The van der Waals surface area contributed by atoms with Gasteiger partial charge in [-0.1, -0.05) is 45.9 Å². The van der Waals surface area contributed by atoms with E-state index in [0.29, 0.717) is 11.5 Å². The van der Waals surface area contributed by atoms with Crippen molar-refractivity contribution in [2.75, 3.05) is 27.2 Å². The molecule has 0 bridgehead atoms. The monoisotopic (exact) mass is 292 g/mol. The van der Waals surface area contributed by atoms with Crippen molar-refractivity contribution in [1.82, 2.24) is 10.2 Å². The van der Waals surface area contributed by atoms with Crippen molar-refractivity contribution >= 4 is 0 Å². The molecule has 0 saturated heterocycles. The number of hydrogen-bond acceptors (Lipinski definition) is 3. The van der Waals surface area contributed by atoms with Gasteiger partial charge in [0, 0.05) is 18.2 Å². The Labute approximate surface area is 130 Å². The first kappa shape index (κ1) is 18.0. The molecule has 0 saturated carbocycles. The Morgan fingerprint density at radius 1 is 1.24 bits per heavy atom. The third kappa shape index (κ3) is 6.06. The molecule has 0 fully saturated rings. The van der Waals surface area contributed by atoms with Crippen LogP contribution in [-0.2, 0) is 6.54 Å². The normalized spacial score (nSPS) is 13.5. The summed E-state index contributed by atoms with van der Waals surface area (Å²) in [5, 5.41) is 3.61. The van der Waals surface area contributed by atoms with E-state index < -0.39 is 0 Å². The topological polar surface area (TPSA) is 24.5 Å². The van der Waals surface area contributed by atoms with Crippen LogP contribution < -0.4 is 10.1 Å². The van der Waals surface area contributed by atoms with Crippen LogP contribution in [0.1, 0.15) is 39.7 Å². The number of methoxy groups -OCH3 is 1. The van der Waals surface area contributed by atoms with Crippen molar-refractivity contribution in [2.24, 2.45) is 5.41 Å². The van der Waals surface area contributed by atoms with E-state index in [-0.39, 0.29) is 0 Å². The first-order valence-electron chi connectivity index (χ1n) is 7.92. The van der Waals surface area contributed by atoms with Crippen LogP contribution in [0.2, 0.25) is 0 Å². The molecule has 0 spiro atoms. The highest BCUT2D eigenvalue weighted by Crippen LogP contribution is 2.23. The number of para-hydroxylation sites is 1. The van der Waals surface area contributed by atoms with Crippen molar-refractivity contribution in [2.45, 2.75) is 46.7 Å². The van der Waals surface area contributed by atoms with Crippen LogP contribution in [0.25, 0.3) is 0 Å². The SMILES string of the molecule is CCNC(CCN(C)Cc1ccccc1OC)C(C)(C)C. The van der Waals surface area contributed by atoms with Gasteiger partial charge in [0.15, 0.2) is 0 Å². The highest BCUT2D eigenvalue weighted by atomic mass is 16.5. The van der Waals surface area contributed by atoms with E-state index in [0.717, 1.165) is 31.8 Å². The molecule has 21 heavy (non-hydrogen) atoms. The fraction of sp³-hybridized carbons (Fsp3) is 0.667. The number of nitrogens with zero attached hydrogens (tertiary/aromatic N) is 1. The Balaban J connectivity index is 2.55. The molecule has 3 nitrogen and oxygen atoms in total. The Kier molecular flexibility index (Phi) is 7.20. The molecular weight excluding hydrogens is 260 g/mol. The van der Waals surface area contributed by atoms with E-state index in [2.05, 4.69) is 57.1 Å². The fourth-order valence-electron chi connectivity index (χ4n) is 2.64. The summed E-state index contributed by atoms with van der Waals surface area (Å²) in [6, 6.07) is 8.80. The van der Waals surface area contributed by atoms with Crippen LogP contribution in [0.4, 0.5) is 0 Å². The van der Waals surface area contributed by atoms with E-state index in [4.69, 9.17) is 4.74 Å². The summed E-state index contributed by atoms with van der Waals surface area (Å²) in [5.41, 5.74) is 1.54. The van der Waals surface area contributed by atoms with Crippen molar-refractivity contribution in [3.05, 3.63) is 29.8 Å². The minimum Gasteiger partial charge on any atom is -0.496 e. The Morgan fingerprint density at radius 2 is 1.90 bits per heavy atom. The average molecular weight is 292 g/mol. The minimum absolute atomic E-state index is 0.293. The van der Waals surface area contributed by atoms with Gasteiger partial charge in [-0.2, -0.15) is 0 Å². The molecule has 0 aliphatic heterocycles. The van der Waals surface area contributed by atoms with Gasteiger partial charge in [0.1, 0.15) is 5.75 Å². The molecule has 3 heteroatoms. The summed E-state index contributed by atoms with van der Waals surface area (Å²) in [7, 11) is 3.91. The molecule has 1 rings (SSSR count). The Hall–Kier alpha value is -1.06. The third-order valence-corrected chi connectivity index (χ3v) is 3.93. The summed E-state index contributed by atoms with van der Waals surface area (Å²) in [5.74, 6) is 0.975. The molecule has 1 aromatic rings. The molecule has 1 N–H and O–H groups in total. The van der Waals surface area contributed by atoms with Gasteiger partial charge in [0.25, 0.3) is 0 Å². The second-order valence-corrected chi connectivity index (χ2v) is 6.81. The summed E-state index contributed by atoms with van der Waals surface area (Å²) in [6.45, 7) is 12.1. The Morgan fingerprint density at radius 3 is 2.48 bits per heavy atom. The van der Waals surface area contributed by atoms with Gasteiger partial charge in [-0.3, -0.25) is 0 Å². The predicted molar refractivity (Wildman–Crippen MR) is 90.9 cm³/mol. The zero-order valence-corrected chi connectivity index (χ0v) is 14.6. The van der Waals surface area contributed by atoms with Crippen molar-refractivity contribution < 1.29 is 4.74 Å². The lowest BCUT2D eigenvalue weighted by Gasteiger charge is -2.33. The maximum atomic E-state index is 5.43. The zero-order valence-electron chi connectivity index (χ0n) is 14.6. The molecule has 120 valence electrons. The lowest BCUT2D eigenvalue weighted by atomic mass is 9.84.